The minimum Gasteiger partial charge on any atom is -0.497 e. The van der Waals surface area contributed by atoms with Gasteiger partial charge in [0.25, 0.3) is 0 Å². The molecule has 1 N–H and O–H groups in total. The van der Waals surface area contributed by atoms with Crippen molar-refractivity contribution in [2.24, 2.45) is 0 Å². The van der Waals surface area contributed by atoms with Crippen LogP contribution in [0, 0.1) is 6.92 Å². The first-order chi connectivity index (χ1) is 14.1. The van der Waals surface area contributed by atoms with Crippen LogP contribution in [0.25, 0.3) is 10.7 Å². The van der Waals surface area contributed by atoms with Crippen molar-refractivity contribution in [1.82, 2.24) is 19.9 Å². The molecule has 1 aliphatic rings. The molecule has 2 aromatic heterocycles. The fourth-order valence-corrected chi connectivity index (χ4v) is 4.47. The van der Waals surface area contributed by atoms with Gasteiger partial charge >= 0.3 is 0 Å². The predicted octanol–water partition coefficient (Wildman–Crippen LogP) is 4.34. The third kappa shape index (κ3) is 4.74. The van der Waals surface area contributed by atoms with Gasteiger partial charge in [-0.3, -0.25) is 4.90 Å². The number of hydrogen-bond donors (Lipinski definition) is 1. The van der Waals surface area contributed by atoms with Crippen LogP contribution < -0.4 is 10.1 Å². The molecule has 0 atom stereocenters. The second-order valence-electron chi connectivity index (χ2n) is 7.39. The summed E-state index contributed by atoms with van der Waals surface area (Å²) in [4.78, 5) is 17.4. The van der Waals surface area contributed by atoms with E-state index in [1.165, 1.54) is 5.56 Å². The van der Waals surface area contributed by atoms with E-state index in [1.54, 1.807) is 18.4 Å². The maximum atomic E-state index is 5.25. The van der Waals surface area contributed by atoms with Crippen LogP contribution in [0.2, 0.25) is 0 Å². The Kier molecular flexibility index (Phi) is 6.06. The molecule has 7 heteroatoms. The molecule has 3 heterocycles. The summed E-state index contributed by atoms with van der Waals surface area (Å²) in [6.07, 6.45) is 4.09. The van der Waals surface area contributed by atoms with Gasteiger partial charge in [-0.1, -0.05) is 12.1 Å². The number of rotatable bonds is 6. The minimum atomic E-state index is 0.463. The molecule has 0 saturated carbocycles. The van der Waals surface area contributed by atoms with Crippen LogP contribution in [0.1, 0.15) is 35.0 Å². The number of piperidine rings is 1. The van der Waals surface area contributed by atoms with Crippen LogP contribution in [0.15, 0.2) is 36.5 Å². The number of methoxy groups -OCH3 is 1. The summed E-state index contributed by atoms with van der Waals surface area (Å²) < 4.78 is 5.25. The van der Waals surface area contributed by atoms with Crippen LogP contribution in [0.5, 0.6) is 5.75 Å². The fraction of sp³-hybridized carbons (Fsp3) is 0.409. The molecule has 0 spiro atoms. The monoisotopic (exact) mass is 409 g/mol. The van der Waals surface area contributed by atoms with Crippen molar-refractivity contribution in [1.29, 1.82) is 0 Å². The molecule has 3 aromatic rings. The lowest BCUT2D eigenvalue weighted by molar-refractivity contribution is 0.203. The Bertz CT molecular complexity index is 948. The molecular weight excluding hydrogens is 382 g/mol. The summed E-state index contributed by atoms with van der Waals surface area (Å²) in [6.45, 7) is 5.14. The van der Waals surface area contributed by atoms with Gasteiger partial charge in [0.15, 0.2) is 5.82 Å². The molecule has 1 fully saturated rings. The highest BCUT2D eigenvalue weighted by Gasteiger charge is 2.23. The van der Waals surface area contributed by atoms with Gasteiger partial charge in [0, 0.05) is 37.5 Å². The highest BCUT2D eigenvalue weighted by molar-refractivity contribution is 7.14. The molecular formula is C22H27N5OS. The second-order valence-corrected chi connectivity index (χ2v) is 8.63. The summed E-state index contributed by atoms with van der Waals surface area (Å²) in [7, 11) is 3.61. The SMILES string of the molecule is CNc1cc(C2CCN(Cc3ccc(OC)cc3)CC2)nc(-c2cnc(C)s2)n1. The van der Waals surface area contributed by atoms with Gasteiger partial charge in [-0.2, -0.15) is 0 Å². The Morgan fingerprint density at radius 3 is 2.55 bits per heavy atom. The van der Waals surface area contributed by atoms with E-state index in [0.717, 1.165) is 65.4 Å². The number of aromatic nitrogens is 3. The number of benzene rings is 1. The number of nitrogens with zero attached hydrogens (tertiary/aromatic N) is 4. The van der Waals surface area contributed by atoms with Crippen molar-refractivity contribution < 1.29 is 4.74 Å². The largest absolute Gasteiger partial charge is 0.497 e. The lowest BCUT2D eigenvalue weighted by atomic mass is 9.93. The molecule has 0 bridgehead atoms. The van der Waals surface area contributed by atoms with Crippen molar-refractivity contribution in [2.75, 3.05) is 32.6 Å². The molecule has 0 radical (unpaired) electrons. The van der Waals surface area contributed by atoms with E-state index in [1.807, 2.05) is 32.3 Å². The van der Waals surface area contributed by atoms with Crippen molar-refractivity contribution in [3.63, 3.8) is 0 Å². The Morgan fingerprint density at radius 1 is 1.17 bits per heavy atom. The third-order valence-electron chi connectivity index (χ3n) is 5.41. The molecule has 0 aliphatic carbocycles. The number of ether oxygens (including phenoxy) is 1. The van der Waals surface area contributed by atoms with E-state index in [2.05, 4.69) is 38.4 Å². The standard InChI is InChI=1S/C22H27N5OS/c1-15-24-13-20(29-15)22-25-19(12-21(23-2)26-22)17-8-10-27(11-9-17)14-16-4-6-18(28-3)7-5-16/h4-7,12-13,17H,8-11,14H2,1-3H3,(H,23,25,26). The molecule has 0 amide bonds. The Balaban J connectivity index is 1.43. The van der Waals surface area contributed by atoms with Crippen molar-refractivity contribution in [2.45, 2.75) is 32.2 Å². The lowest BCUT2D eigenvalue weighted by Crippen LogP contribution is -2.32. The Hall–Kier alpha value is -2.51. The topological polar surface area (TPSA) is 63.2 Å². The van der Waals surface area contributed by atoms with Crippen molar-refractivity contribution in [3.05, 3.63) is 52.8 Å². The molecule has 1 saturated heterocycles. The predicted molar refractivity (Wildman–Crippen MR) is 118 cm³/mol. The first kappa shape index (κ1) is 19.8. The van der Waals surface area contributed by atoms with Crippen LogP contribution in [-0.4, -0.2) is 47.1 Å². The van der Waals surface area contributed by atoms with E-state index in [9.17, 15) is 0 Å². The van der Waals surface area contributed by atoms with E-state index < -0.39 is 0 Å². The highest BCUT2D eigenvalue weighted by atomic mass is 32.1. The average molecular weight is 410 g/mol. The second kappa shape index (κ2) is 8.88. The first-order valence-corrected chi connectivity index (χ1v) is 10.8. The highest BCUT2D eigenvalue weighted by Crippen LogP contribution is 2.31. The smallest absolute Gasteiger partial charge is 0.173 e. The van der Waals surface area contributed by atoms with Crippen LogP contribution in [0.4, 0.5) is 5.82 Å². The molecule has 1 aromatic carbocycles. The quantitative estimate of drug-likeness (QED) is 0.653. The molecule has 6 nitrogen and oxygen atoms in total. The zero-order valence-corrected chi connectivity index (χ0v) is 18.0. The molecule has 4 rings (SSSR count). The third-order valence-corrected chi connectivity index (χ3v) is 6.32. The first-order valence-electron chi connectivity index (χ1n) is 9.99. The normalized spacial score (nSPS) is 15.4. The number of likely N-dealkylation sites (tertiary alicyclic amines) is 1. The number of thiazole rings is 1. The fourth-order valence-electron chi connectivity index (χ4n) is 3.75. The van der Waals surface area contributed by atoms with Gasteiger partial charge in [0.05, 0.1) is 17.0 Å². The van der Waals surface area contributed by atoms with E-state index >= 15 is 0 Å². The Labute approximate surface area is 176 Å². The maximum Gasteiger partial charge on any atom is 0.173 e. The minimum absolute atomic E-state index is 0.463. The molecule has 0 unspecified atom stereocenters. The van der Waals surface area contributed by atoms with Crippen LogP contribution in [-0.2, 0) is 6.54 Å². The van der Waals surface area contributed by atoms with Crippen LogP contribution in [0.3, 0.4) is 0 Å². The van der Waals surface area contributed by atoms with Gasteiger partial charge in [0.1, 0.15) is 11.6 Å². The molecule has 1 aliphatic heterocycles. The van der Waals surface area contributed by atoms with Gasteiger partial charge in [-0.15, -0.1) is 11.3 Å². The maximum absolute atomic E-state index is 5.25. The number of hydrogen-bond acceptors (Lipinski definition) is 7. The molecule has 29 heavy (non-hydrogen) atoms. The van der Waals surface area contributed by atoms with Gasteiger partial charge in [-0.25, -0.2) is 15.0 Å². The van der Waals surface area contributed by atoms with Gasteiger partial charge in [-0.05, 0) is 50.6 Å². The van der Waals surface area contributed by atoms with E-state index in [4.69, 9.17) is 9.72 Å². The summed E-state index contributed by atoms with van der Waals surface area (Å²) in [5, 5.41) is 4.22. The van der Waals surface area contributed by atoms with Crippen molar-refractivity contribution >= 4 is 17.2 Å². The summed E-state index contributed by atoms with van der Waals surface area (Å²) in [5.41, 5.74) is 2.46. The Morgan fingerprint density at radius 2 is 1.93 bits per heavy atom. The van der Waals surface area contributed by atoms with Gasteiger partial charge < -0.3 is 10.1 Å². The number of aryl methyl sites for hydroxylation is 1. The van der Waals surface area contributed by atoms with E-state index in [-0.39, 0.29) is 0 Å². The zero-order valence-electron chi connectivity index (χ0n) is 17.2. The number of nitrogens with one attached hydrogen (secondary N) is 1. The van der Waals surface area contributed by atoms with E-state index in [0.29, 0.717) is 5.92 Å². The zero-order chi connectivity index (χ0) is 20.2. The average Bonchev–Trinajstić information content (AvgIpc) is 3.21. The van der Waals surface area contributed by atoms with Gasteiger partial charge in [0.2, 0.25) is 0 Å². The summed E-state index contributed by atoms with van der Waals surface area (Å²) in [5.74, 6) is 3.02. The lowest BCUT2D eigenvalue weighted by Gasteiger charge is -2.32. The van der Waals surface area contributed by atoms with Crippen molar-refractivity contribution in [3.8, 4) is 16.5 Å². The van der Waals surface area contributed by atoms with Crippen LogP contribution >= 0.6 is 11.3 Å². The molecule has 152 valence electrons. The summed E-state index contributed by atoms with van der Waals surface area (Å²) >= 11 is 1.64. The number of anilines is 1. The summed E-state index contributed by atoms with van der Waals surface area (Å²) in [6, 6.07) is 10.5.